The highest BCUT2D eigenvalue weighted by Crippen LogP contribution is 2.18. The van der Waals surface area contributed by atoms with Crippen molar-refractivity contribution in [3.05, 3.63) is 109 Å². The molecule has 1 atom stereocenters. The lowest BCUT2D eigenvalue weighted by Gasteiger charge is -2.15. The molecule has 0 saturated carbocycles. The average molecular weight is 1140 g/mol. The van der Waals surface area contributed by atoms with Crippen LogP contribution in [0, 0.1) is 0 Å². The van der Waals surface area contributed by atoms with Gasteiger partial charge in [0.05, 0.1) is 6.61 Å². The van der Waals surface area contributed by atoms with Gasteiger partial charge in [0.25, 0.3) is 0 Å². The van der Waals surface area contributed by atoms with Crippen LogP contribution in [0.25, 0.3) is 0 Å². The van der Waals surface area contributed by atoms with Gasteiger partial charge in [0.15, 0.2) is 6.10 Å². The van der Waals surface area contributed by atoms with Gasteiger partial charge in [-0.15, -0.1) is 0 Å². The Morgan fingerprint density at radius 2 is 0.488 bits per heavy atom. The maximum atomic E-state index is 12.4. The summed E-state index contributed by atoms with van der Waals surface area (Å²) >= 11 is 0. The van der Waals surface area contributed by atoms with E-state index in [0.717, 1.165) is 96.3 Å². The van der Waals surface area contributed by atoms with Crippen LogP contribution in [-0.2, 0) is 19.1 Å². The van der Waals surface area contributed by atoms with Crippen LogP contribution in [0.1, 0.15) is 348 Å². The van der Waals surface area contributed by atoms with Gasteiger partial charge in [0, 0.05) is 12.8 Å². The zero-order valence-corrected chi connectivity index (χ0v) is 54.2. The molecule has 0 aliphatic heterocycles. The number of aliphatic hydroxyl groups excluding tert-OH is 1. The molecule has 82 heavy (non-hydrogen) atoms. The molecule has 0 radical (unpaired) electrons. The summed E-state index contributed by atoms with van der Waals surface area (Å²) in [6.07, 6.45) is 104. The Balaban J connectivity index is 3.41. The number of ether oxygens (including phenoxy) is 2. The summed E-state index contributed by atoms with van der Waals surface area (Å²) < 4.78 is 10.8. The molecule has 1 unspecified atom stereocenters. The predicted octanol–water partition coefficient (Wildman–Crippen LogP) is 24.8. The Morgan fingerprint density at radius 3 is 0.732 bits per heavy atom. The minimum atomic E-state index is -0.778. The quantitative estimate of drug-likeness (QED) is 0.0373. The van der Waals surface area contributed by atoms with Gasteiger partial charge < -0.3 is 14.6 Å². The van der Waals surface area contributed by atoms with E-state index in [1.54, 1.807) is 0 Å². The first-order valence-electron chi connectivity index (χ1n) is 35.4. The monoisotopic (exact) mass is 1140 g/mol. The Bertz CT molecular complexity index is 1570. The zero-order chi connectivity index (χ0) is 59.1. The molecule has 0 aliphatic rings. The van der Waals surface area contributed by atoms with Crippen molar-refractivity contribution in [3.8, 4) is 0 Å². The highest BCUT2D eigenvalue weighted by Gasteiger charge is 2.16. The van der Waals surface area contributed by atoms with E-state index in [-0.39, 0.29) is 25.2 Å². The first-order valence-corrected chi connectivity index (χ1v) is 35.4. The van der Waals surface area contributed by atoms with Crippen LogP contribution in [0.5, 0.6) is 0 Å². The zero-order valence-electron chi connectivity index (χ0n) is 54.2. The SMILES string of the molecule is CC/C=C\C/C=C\C/C=C\C/C=C\C/C=C\CCCCCCCCCCCCCC(=O)OC(CO)COC(=O)CCCCCCCCCCCCCCCCCCCCCCCCCCCCCC/C=C\C/C=C\C/C=C\C/C=C\CC. The van der Waals surface area contributed by atoms with Crippen LogP contribution in [-0.4, -0.2) is 36.4 Å². The van der Waals surface area contributed by atoms with Crippen LogP contribution in [0.3, 0.4) is 0 Å². The summed E-state index contributed by atoms with van der Waals surface area (Å²) in [6, 6.07) is 0. The Hall–Kier alpha value is -3.44. The third-order valence-corrected chi connectivity index (χ3v) is 15.6. The fourth-order valence-corrected chi connectivity index (χ4v) is 10.3. The Morgan fingerprint density at radius 1 is 0.280 bits per heavy atom. The van der Waals surface area contributed by atoms with Gasteiger partial charge in [-0.25, -0.2) is 0 Å². The second kappa shape index (κ2) is 71.8. The molecular weight excluding hydrogens is 1000 g/mol. The van der Waals surface area contributed by atoms with Crippen molar-refractivity contribution in [2.24, 2.45) is 0 Å². The summed E-state index contributed by atoms with van der Waals surface area (Å²) in [5.41, 5.74) is 0. The van der Waals surface area contributed by atoms with Crippen molar-refractivity contribution in [1.29, 1.82) is 0 Å². The molecule has 0 amide bonds. The molecule has 0 saturated heterocycles. The molecule has 0 aromatic rings. The average Bonchev–Trinajstić information content (AvgIpc) is 3.49. The fraction of sp³-hybridized carbons (Fsp3) is 0.740. The molecule has 0 heterocycles. The first-order chi connectivity index (χ1) is 40.6. The van der Waals surface area contributed by atoms with E-state index in [1.807, 2.05) is 0 Å². The van der Waals surface area contributed by atoms with Crippen molar-refractivity contribution in [3.63, 3.8) is 0 Å². The number of aliphatic hydroxyl groups is 1. The normalized spacial score (nSPS) is 12.9. The number of unbranched alkanes of at least 4 members (excludes halogenated alkanes) is 39. The summed E-state index contributed by atoms with van der Waals surface area (Å²) in [7, 11) is 0. The molecule has 5 heteroatoms. The minimum absolute atomic E-state index is 0.0670. The van der Waals surface area contributed by atoms with Gasteiger partial charge in [-0.2, -0.15) is 0 Å². The number of hydrogen-bond donors (Lipinski definition) is 1. The van der Waals surface area contributed by atoms with Gasteiger partial charge in [0.1, 0.15) is 6.61 Å². The van der Waals surface area contributed by atoms with E-state index in [0.29, 0.717) is 12.8 Å². The molecule has 0 bridgehead atoms. The summed E-state index contributed by atoms with van der Waals surface area (Å²) in [6.45, 7) is 3.95. The lowest BCUT2D eigenvalue weighted by atomic mass is 10.0. The molecule has 0 aliphatic carbocycles. The molecule has 5 nitrogen and oxygen atoms in total. The van der Waals surface area contributed by atoms with E-state index in [2.05, 4.69) is 123 Å². The standard InChI is InChI=1S/C77H134O5/c1-3-5-7-9-11-13-15-17-19-21-23-25-27-29-31-32-33-34-35-36-37-38-39-40-41-42-43-44-46-47-49-51-53-55-57-59-61-63-65-67-69-71-76(79)81-74-75(73-78)82-77(80)72-70-68-66-64-62-60-58-56-54-52-50-48-45-30-28-26-24-22-20-18-16-14-12-10-8-6-4-2/h5-8,11-14,17-20,23-26,30,45,75,78H,3-4,9-10,15-16,21-22,27-29,31-44,46-74H2,1-2H3/b7-5-,8-6-,13-11-,14-12-,19-17-,20-18-,25-23-,26-24-,45-30-. The number of esters is 2. The second-order valence-corrected chi connectivity index (χ2v) is 23.6. The number of carbonyl (C=O) groups is 2. The summed E-state index contributed by atoms with van der Waals surface area (Å²) in [5, 5.41) is 9.70. The van der Waals surface area contributed by atoms with Crippen LogP contribution >= 0.6 is 0 Å². The van der Waals surface area contributed by atoms with Crippen molar-refractivity contribution in [1.82, 2.24) is 0 Å². The largest absolute Gasteiger partial charge is 0.462 e. The topological polar surface area (TPSA) is 72.8 Å². The van der Waals surface area contributed by atoms with Gasteiger partial charge >= 0.3 is 11.9 Å². The van der Waals surface area contributed by atoms with Crippen LogP contribution < -0.4 is 0 Å². The Labute approximate surface area is 510 Å². The fourth-order valence-electron chi connectivity index (χ4n) is 10.3. The van der Waals surface area contributed by atoms with E-state index >= 15 is 0 Å². The third-order valence-electron chi connectivity index (χ3n) is 15.6. The Kier molecular flexibility index (Phi) is 68.8. The molecule has 472 valence electrons. The molecule has 0 fully saturated rings. The van der Waals surface area contributed by atoms with Gasteiger partial charge in [0.2, 0.25) is 0 Å². The van der Waals surface area contributed by atoms with Crippen LogP contribution in [0.2, 0.25) is 0 Å². The highest BCUT2D eigenvalue weighted by atomic mass is 16.6. The van der Waals surface area contributed by atoms with Crippen molar-refractivity contribution >= 4 is 11.9 Å². The minimum Gasteiger partial charge on any atom is -0.462 e. The van der Waals surface area contributed by atoms with Crippen molar-refractivity contribution in [2.45, 2.75) is 354 Å². The number of allylic oxidation sites excluding steroid dienone is 18. The smallest absolute Gasteiger partial charge is 0.306 e. The number of rotatable bonds is 65. The molecular formula is C77H134O5. The van der Waals surface area contributed by atoms with Gasteiger partial charge in [-0.1, -0.05) is 348 Å². The molecule has 1 N–H and O–H groups in total. The van der Waals surface area contributed by atoms with Crippen molar-refractivity contribution < 1.29 is 24.2 Å². The molecule has 0 aromatic heterocycles. The lowest BCUT2D eigenvalue weighted by Crippen LogP contribution is -2.28. The summed E-state index contributed by atoms with van der Waals surface area (Å²) in [5.74, 6) is -0.582. The highest BCUT2D eigenvalue weighted by molar-refractivity contribution is 5.70. The number of hydrogen-bond acceptors (Lipinski definition) is 5. The maximum Gasteiger partial charge on any atom is 0.306 e. The lowest BCUT2D eigenvalue weighted by molar-refractivity contribution is -0.161. The summed E-state index contributed by atoms with van der Waals surface area (Å²) in [4.78, 5) is 24.7. The molecule has 0 spiro atoms. The van der Waals surface area contributed by atoms with E-state index in [4.69, 9.17) is 9.47 Å². The second-order valence-electron chi connectivity index (χ2n) is 23.6. The van der Waals surface area contributed by atoms with Gasteiger partial charge in [-0.3, -0.25) is 9.59 Å². The third kappa shape index (κ3) is 69.1. The first kappa shape index (κ1) is 78.6. The van der Waals surface area contributed by atoms with Gasteiger partial charge in [-0.05, 0) is 96.3 Å². The predicted molar refractivity (Wildman–Crippen MR) is 362 cm³/mol. The van der Waals surface area contributed by atoms with Crippen LogP contribution in [0.4, 0.5) is 0 Å². The maximum absolute atomic E-state index is 12.4. The van der Waals surface area contributed by atoms with E-state index in [9.17, 15) is 14.7 Å². The van der Waals surface area contributed by atoms with E-state index < -0.39 is 6.10 Å². The molecule has 0 rings (SSSR count). The number of carbonyl (C=O) groups excluding carboxylic acids is 2. The van der Waals surface area contributed by atoms with E-state index in [1.165, 1.54) is 225 Å². The molecule has 0 aromatic carbocycles. The van der Waals surface area contributed by atoms with Crippen LogP contribution in [0.15, 0.2) is 109 Å². The van der Waals surface area contributed by atoms with Crippen molar-refractivity contribution in [2.75, 3.05) is 13.2 Å².